The van der Waals surface area contributed by atoms with Gasteiger partial charge in [-0.3, -0.25) is 4.98 Å². The summed E-state index contributed by atoms with van der Waals surface area (Å²) in [5.41, 5.74) is 4.72. The fourth-order valence-corrected chi connectivity index (χ4v) is 1.30. The van der Waals surface area contributed by atoms with Crippen molar-refractivity contribution in [1.29, 1.82) is 0 Å². The number of rotatable bonds is 1. The van der Waals surface area contributed by atoms with E-state index in [0.29, 0.717) is 6.42 Å². The Morgan fingerprint density at radius 2 is 2.20 bits per heavy atom. The van der Waals surface area contributed by atoms with Crippen LogP contribution in [-0.2, 0) is 0 Å². The number of hydrogen-bond donors (Lipinski definition) is 1. The van der Waals surface area contributed by atoms with Crippen LogP contribution >= 0.6 is 0 Å². The van der Waals surface area contributed by atoms with Gasteiger partial charge in [-0.25, -0.2) is 8.78 Å². The maximum absolute atomic E-state index is 13.5. The van der Waals surface area contributed by atoms with Gasteiger partial charge in [-0.15, -0.1) is 0 Å². The van der Waals surface area contributed by atoms with E-state index in [0.717, 1.165) is 6.20 Å². The topological polar surface area (TPSA) is 63.6 Å². The highest BCUT2D eigenvalue weighted by Crippen LogP contribution is 2.28. The molecule has 1 aliphatic heterocycles. The number of nitrogen functional groups attached to an aromatic ring is 1. The summed E-state index contributed by atoms with van der Waals surface area (Å²) in [5.74, 6) is -1.71. The van der Waals surface area contributed by atoms with Gasteiger partial charge in [0.15, 0.2) is 11.6 Å². The summed E-state index contributed by atoms with van der Waals surface area (Å²) in [5, 5.41) is 7.42. The zero-order chi connectivity index (χ0) is 10.8. The number of halogens is 2. The van der Waals surface area contributed by atoms with Crippen LogP contribution in [0.3, 0.4) is 0 Å². The molecule has 0 saturated heterocycles. The quantitative estimate of drug-likeness (QED) is 0.773. The van der Waals surface area contributed by atoms with Crippen molar-refractivity contribution in [2.75, 3.05) is 5.73 Å². The van der Waals surface area contributed by atoms with Crippen LogP contribution in [0, 0.1) is 11.6 Å². The molecule has 0 saturated carbocycles. The van der Waals surface area contributed by atoms with Gasteiger partial charge in [0.25, 0.3) is 0 Å². The van der Waals surface area contributed by atoms with E-state index in [1.807, 2.05) is 0 Å². The van der Waals surface area contributed by atoms with Crippen molar-refractivity contribution < 1.29 is 8.78 Å². The summed E-state index contributed by atoms with van der Waals surface area (Å²) in [4.78, 5) is 3.64. The van der Waals surface area contributed by atoms with E-state index >= 15 is 0 Å². The fourth-order valence-electron chi connectivity index (χ4n) is 1.30. The first-order chi connectivity index (χ1) is 7.20. The Morgan fingerprint density at radius 3 is 2.87 bits per heavy atom. The van der Waals surface area contributed by atoms with E-state index in [1.54, 1.807) is 6.08 Å². The molecule has 0 bridgehead atoms. The third-order valence-electron chi connectivity index (χ3n) is 2.09. The number of azo groups is 1. The molecule has 2 rings (SSSR count). The Bertz CT molecular complexity index is 442. The first-order valence-corrected chi connectivity index (χ1v) is 4.34. The Balaban J connectivity index is 2.41. The van der Waals surface area contributed by atoms with E-state index in [1.165, 1.54) is 6.20 Å². The number of nitrogens with two attached hydrogens (primary N) is 1. The summed E-state index contributed by atoms with van der Waals surface area (Å²) in [6.07, 6.45) is 4.62. The predicted octanol–water partition coefficient (Wildman–Crippen LogP) is 2.35. The van der Waals surface area contributed by atoms with Crippen LogP contribution in [0.25, 0.3) is 0 Å². The SMILES string of the molecule is Nc1c(F)cnc(C2CC=CN=N2)c1F. The molecule has 0 aromatic carbocycles. The van der Waals surface area contributed by atoms with E-state index in [9.17, 15) is 8.78 Å². The standard InChI is InChI=1S/C9H8F2N4/c10-5-4-13-9(7(11)8(5)12)6-2-1-3-14-15-6/h1,3-4,6H,2H2,(H2,12,13). The van der Waals surface area contributed by atoms with E-state index in [2.05, 4.69) is 15.2 Å². The van der Waals surface area contributed by atoms with Gasteiger partial charge in [-0.05, 0) is 6.42 Å². The fraction of sp³-hybridized carbons (Fsp3) is 0.222. The van der Waals surface area contributed by atoms with Gasteiger partial charge in [-0.2, -0.15) is 10.2 Å². The lowest BCUT2D eigenvalue weighted by molar-refractivity contribution is 0.536. The van der Waals surface area contributed by atoms with Crippen LogP contribution < -0.4 is 5.73 Å². The third-order valence-corrected chi connectivity index (χ3v) is 2.09. The van der Waals surface area contributed by atoms with Gasteiger partial charge in [0.1, 0.15) is 17.4 Å². The monoisotopic (exact) mass is 210 g/mol. The smallest absolute Gasteiger partial charge is 0.172 e. The lowest BCUT2D eigenvalue weighted by atomic mass is 10.1. The van der Waals surface area contributed by atoms with Gasteiger partial charge in [0.2, 0.25) is 0 Å². The molecule has 0 amide bonds. The summed E-state index contributed by atoms with van der Waals surface area (Å²) in [6, 6.07) is -0.516. The minimum absolute atomic E-state index is 0.0296. The zero-order valence-electron chi connectivity index (χ0n) is 7.69. The van der Waals surface area contributed by atoms with Crippen molar-refractivity contribution >= 4 is 5.69 Å². The third kappa shape index (κ3) is 1.70. The van der Waals surface area contributed by atoms with Gasteiger partial charge in [0, 0.05) is 6.20 Å². The predicted molar refractivity (Wildman–Crippen MR) is 49.9 cm³/mol. The second-order valence-electron chi connectivity index (χ2n) is 3.09. The Kier molecular flexibility index (Phi) is 2.40. The highest BCUT2D eigenvalue weighted by atomic mass is 19.1. The summed E-state index contributed by atoms with van der Waals surface area (Å²) < 4.78 is 26.3. The zero-order valence-corrected chi connectivity index (χ0v) is 7.69. The first kappa shape index (κ1) is 9.70. The van der Waals surface area contributed by atoms with Crippen molar-refractivity contribution in [1.82, 2.24) is 4.98 Å². The summed E-state index contributed by atoms with van der Waals surface area (Å²) in [7, 11) is 0. The first-order valence-electron chi connectivity index (χ1n) is 4.34. The Hall–Kier alpha value is -1.85. The molecular weight excluding hydrogens is 202 g/mol. The van der Waals surface area contributed by atoms with Crippen molar-refractivity contribution in [3.63, 3.8) is 0 Å². The molecule has 1 aliphatic rings. The number of hydrogen-bond acceptors (Lipinski definition) is 4. The molecule has 0 fully saturated rings. The number of nitrogens with zero attached hydrogens (tertiary/aromatic N) is 3. The summed E-state index contributed by atoms with van der Waals surface area (Å²) in [6.45, 7) is 0. The highest BCUT2D eigenvalue weighted by Gasteiger charge is 2.20. The Labute approximate surface area is 84.5 Å². The minimum atomic E-state index is -0.862. The molecule has 4 nitrogen and oxygen atoms in total. The number of pyridine rings is 1. The normalized spacial score (nSPS) is 19.5. The lowest BCUT2D eigenvalue weighted by Crippen LogP contribution is -2.07. The van der Waals surface area contributed by atoms with Gasteiger partial charge < -0.3 is 5.73 Å². The van der Waals surface area contributed by atoms with E-state index in [-0.39, 0.29) is 5.69 Å². The molecule has 2 N–H and O–H groups in total. The molecule has 0 spiro atoms. The molecule has 15 heavy (non-hydrogen) atoms. The molecular formula is C9H8F2N4. The van der Waals surface area contributed by atoms with Crippen LogP contribution in [0.15, 0.2) is 28.7 Å². The van der Waals surface area contributed by atoms with Crippen molar-refractivity contribution in [3.8, 4) is 0 Å². The van der Waals surface area contributed by atoms with Crippen molar-refractivity contribution in [2.24, 2.45) is 10.2 Å². The number of anilines is 1. The minimum Gasteiger partial charge on any atom is -0.394 e. The van der Waals surface area contributed by atoms with E-state index < -0.39 is 23.4 Å². The maximum atomic E-state index is 13.5. The maximum Gasteiger partial charge on any atom is 0.172 e. The van der Waals surface area contributed by atoms with Crippen molar-refractivity contribution in [2.45, 2.75) is 12.5 Å². The molecule has 1 unspecified atom stereocenters. The largest absolute Gasteiger partial charge is 0.394 e. The molecule has 1 aromatic rings. The average Bonchev–Trinajstić information content (AvgIpc) is 2.27. The van der Waals surface area contributed by atoms with Gasteiger partial charge in [-0.1, -0.05) is 6.08 Å². The molecule has 1 aromatic heterocycles. The lowest BCUT2D eigenvalue weighted by Gasteiger charge is -2.12. The van der Waals surface area contributed by atoms with Crippen LogP contribution in [0.5, 0.6) is 0 Å². The van der Waals surface area contributed by atoms with Crippen LogP contribution in [0.4, 0.5) is 14.5 Å². The van der Waals surface area contributed by atoms with Crippen LogP contribution in [0.1, 0.15) is 18.2 Å². The second kappa shape index (κ2) is 3.72. The van der Waals surface area contributed by atoms with Gasteiger partial charge in [0.05, 0.1) is 6.20 Å². The Morgan fingerprint density at radius 1 is 1.40 bits per heavy atom. The molecule has 0 radical (unpaired) electrons. The molecule has 6 heteroatoms. The highest BCUT2D eigenvalue weighted by molar-refractivity contribution is 5.42. The van der Waals surface area contributed by atoms with Gasteiger partial charge >= 0.3 is 0 Å². The second-order valence-corrected chi connectivity index (χ2v) is 3.09. The molecule has 0 aliphatic carbocycles. The molecule has 78 valence electrons. The van der Waals surface area contributed by atoms with E-state index in [4.69, 9.17) is 5.73 Å². The average molecular weight is 210 g/mol. The summed E-state index contributed by atoms with van der Waals surface area (Å²) >= 11 is 0. The number of aromatic nitrogens is 1. The van der Waals surface area contributed by atoms with Crippen LogP contribution in [0.2, 0.25) is 0 Å². The van der Waals surface area contributed by atoms with Crippen LogP contribution in [-0.4, -0.2) is 4.98 Å². The van der Waals surface area contributed by atoms with Crippen molar-refractivity contribution in [3.05, 3.63) is 35.8 Å². The molecule has 1 atom stereocenters. The molecule has 2 heterocycles.